The van der Waals surface area contributed by atoms with E-state index in [1.807, 2.05) is 6.07 Å². The summed E-state index contributed by atoms with van der Waals surface area (Å²) in [5.41, 5.74) is 1.77. The summed E-state index contributed by atoms with van der Waals surface area (Å²) in [6.45, 7) is 0.935. The Labute approximate surface area is 172 Å². The fraction of sp³-hybridized carbons (Fsp3) is 0.286. The van der Waals surface area contributed by atoms with Gasteiger partial charge in [-0.05, 0) is 43.2 Å². The summed E-state index contributed by atoms with van der Waals surface area (Å²) in [6.07, 6.45) is 4.89. The average Bonchev–Trinajstić information content (AvgIpc) is 3.47. The first-order valence-electron chi connectivity index (χ1n) is 9.73. The van der Waals surface area contributed by atoms with Crippen LogP contribution in [-0.4, -0.2) is 46.2 Å². The number of pyridine rings is 1. The molecule has 0 bridgehead atoms. The lowest BCUT2D eigenvalue weighted by Gasteiger charge is -2.11. The minimum absolute atomic E-state index is 0.189. The maximum absolute atomic E-state index is 12.4. The average molecular weight is 407 g/mol. The van der Waals surface area contributed by atoms with Crippen LogP contribution in [0.3, 0.4) is 0 Å². The molecule has 30 heavy (non-hydrogen) atoms. The number of carbonyl (C=O) groups is 2. The Bertz CT molecular complexity index is 1020. The van der Waals surface area contributed by atoms with Gasteiger partial charge in [-0.15, -0.1) is 0 Å². The number of anilines is 1. The van der Waals surface area contributed by atoms with Gasteiger partial charge in [-0.1, -0.05) is 11.2 Å². The van der Waals surface area contributed by atoms with E-state index in [9.17, 15) is 9.59 Å². The van der Waals surface area contributed by atoms with Crippen LogP contribution in [0.25, 0.3) is 11.4 Å². The third-order valence-corrected chi connectivity index (χ3v) is 4.63. The molecule has 0 radical (unpaired) electrons. The summed E-state index contributed by atoms with van der Waals surface area (Å²) < 4.78 is 10.6. The molecule has 2 amide bonds. The van der Waals surface area contributed by atoms with E-state index in [1.165, 1.54) is 0 Å². The topological polar surface area (TPSA) is 119 Å². The van der Waals surface area contributed by atoms with Gasteiger partial charge in [-0.2, -0.15) is 4.98 Å². The molecule has 1 fully saturated rings. The third kappa shape index (κ3) is 4.87. The van der Waals surface area contributed by atoms with E-state index in [4.69, 9.17) is 9.26 Å². The number of hydrogen-bond acceptors (Lipinski definition) is 7. The summed E-state index contributed by atoms with van der Waals surface area (Å²) in [7, 11) is 0. The predicted octanol–water partition coefficient (Wildman–Crippen LogP) is 2.22. The summed E-state index contributed by atoms with van der Waals surface area (Å²) >= 11 is 0. The lowest BCUT2D eigenvalue weighted by Crippen LogP contribution is -2.28. The molecule has 3 aromatic rings. The van der Waals surface area contributed by atoms with Gasteiger partial charge in [0.15, 0.2) is 0 Å². The Kier molecular flexibility index (Phi) is 6.09. The highest BCUT2D eigenvalue weighted by atomic mass is 16.5. The molecule has 1 saturated heterocycles. The number of hydrogen-bond donors (Lipinski definition) is 2. The Hall–Kier alpha value is -3.59. The summed E-state index contributed by atoms with van der Waals surface area (Å²) in [5, 5.41) is 9.54. The number of ether oxygens (including phenoxy) is 1. The number of rotatable bonds is 7. The van der Waals surface area contributed by atoms with E-state index >= 15 is 0 Å². The number of carbonyl (C=O) groups excluding carboxylic acids is 2. The van der Waals surface area contributed by atoms with E-state index in [2.05, 4.69) is 25.8 Å². The normalized spacial score (nSPS) is 15.7. The molecule has 1 unspecified atom stereocenters. The highest BCUT2D eigenvalue weighted by molar-refractivity contribution is 5.98. The van der Waals surface area contributed by atoms with Crippen molar-refractivity contribution in [2.75, 3.05) is 18.5 Å². The molecule has 1 aromatic carbocycles. The molecule has 2 aromatic heterocycles. The van der Waals surface area contributed by atoms with Crippen LogP contribution in [0.1, 0.15) is 29.1 Å². The smallest absolute Gasteiger partial charge is 0.253 e. The van der Waals surface area contributed by atoms with Crippen LogP contribution in [-0.2, 0) is 16.0 Å². The first-order chi connectivity index (χ1) is 14.7. The highest BCUT2D eigenvalue weighted by Gasteiger charge is 2.23. The Morgan fingerprint density at radius 1 is 1.20 bits per heavy atom. The number of aromatic nitrogens is 3. The SMILES string of the molecule is O=C(NCCc1nc(-c2cccnc2)no1)c1cccc(NC(=O)C2CCCO2)c1. The van der Waals surface area contributed by atoms with E-state index < -0.39 is 6.10 Å². The fourth-order valence-corrected chi connectivity index (χ4v) is 3.10. The zero-order chi connectivity index (χ0) is 20.8. The van der Waals surface area contributed by atoms with Crippen LogP contribution in [0.4, 0.5) is 5.69 Å². The van der Waals surface area contributed by atoms with Crippen molar-refractivity contribution in [3.63, 3.8) is 0 Å². The van der Waals surface area contributed by atoms with Gasteiger partial charge in [0.05, 0.1) is 0 Å². The van der Waals surface area contributed by atoms with E-state index in [1.54, 1.807) is 42.7 Å². The first kappa shape index (κ1) is 19.7. The molecule has 2 N–H and O–H groups in total. The quantitative estimate of drug-likeness (QED) is 0.616. The van der Waals surface area contributed by atoms with Crippen LogP contribution in [0, 0.1) is 0 Å². The molecule has 3 heterocycles. The van der Waals surface area contributed by atoms with Gasteiger partial charge < -0.3 is 19.9 Å². The van der Waals surface area contributed by atoms with Crippen molar-refractivity contribution in [3.8, 4) is 11.4 Å². The zero-order valence-electron chi connectivity index (χ0n) is 16.2. The van der Waals surface area contributed by atoms with Gasteiger partial charge in [-0.25, -0.2) is 0 Å². The van der Waals surface area contributed by atoms with Crippen LogP contribution in [0.5, 0.6) is 0 Å². The molecule has 9 nitrogen and oxygen atoms in total. The first-order valence-corrected chi connectivity index (χ1v) is 9.73. The van der Waals surface area contributed by atoms with Crippen molar-refractivity contribution in [1.29, 1.82) is 0 Å². The molecule has 1 aliphatic rings. The number of amides is 2. The predicted molar refractivity (Wildman–Crippen MR) is 108 cm³/mol. The summed E-state index contributed by atoms with van der Waals surface area (Å²) in [6, 6.07) is 10.4. The van der Waals surface area contributed by atoms with E-state index in [0.29, 0.717) is 49.0 Å². The minimum Gasteiger partial charge on any atom is -0.368 e. The largest absolute Gasteiger partial charge is 0.368 e. The number of benzene rings is 1. The molecule has 1 atom stereocenters. The maximum Gasteiger partial charge on any atom is 0.253 e. The van der Waals surface area contributed by atoms with Crippen molar-refractivity contribution < 1.29 is 18.8 Å². The second-order valence-electron chi connectivity index (χ2n) is 6.83. The van der Waals surface area contributed by atoms with Crippen molar-refractivity contribution >= 4 is 17.5 Å². The monoisotopic (exact) mass is 407 g/mol. The molecule has 9 heteroatoms. The van der Waals surface area contributed by atoms with Crippen LogP contribution >= 0.6 is 0 Å². The second-order valence-corrected chi connectivity index (χ2v) is 6.83. The summed E-state index contributed by atoms with van der Waals surface area (Å²) in [5.74, 6) is 0.437. The molecule has 0 aliphatic carbocycles. The molecule has 1 aliphatic heterocycles. The molecule has 4 rings (SSSR count). The molecule has 154 valence electrons. The van der Waals surface area contributed by atoms with Crippen LogP contribution in [0.15, 0.2) is 53.3 Å². The van der Waals surface area contributed by atoms with Gasteiger partial charge >= 0.3 is 0 Å². The Morgan fingerprint density at radius 3 is 2.93 bits per heavy atom. The molecule has 0 spiro atoms. The standard InChI is InChI=1S/C21H21N5O4/c27-20(14-4-1-6-16(12-14)24-21(28)17-7-3-11-29-17)23-10-8-18-25-19(26-30-18)15-5-2-9-22-13-15/h1-2,4-6,9,12-13,17H,3,7-8,10-11H2,(H,23,27)(H,24,28). The number of nitrogens with one attached hydrogen (secondary N) is 2. The van der Waals surface area contributed by atoms with E-state index in [-0.39, 0.29) is 11.8 Å². The Balaban J connectivity index is 1.29. The van der Waals surface area contributed by atoms with Crippen molar-refractivity contribution in [3.05, 3.63) is 60.2 Å². The second kappa shape index (κ2) is 9.27. The van der Waals surface area contributed by atoms with Gasteiger partial charge in [0.2, 0.25) is 11.7 Å². The summed E-state index contributed by atoms with van der Waals surface area (Å²) in [4.78, 5) is 32.9. The number of nitrogens with zero attached hydrogens (tertiary/aromatic N) is 3. The van der Waals surface area contributed by atoms with Gasteiger partial charge in [0.1, 0.15) is 6.10 Å². The maximum atomic E-state index is 12.4. The minimum atomic E-state index is -0.423. The van der Waals surface area contributed by atoms with Crippen LogP contribution < -0.4 is 10.6 Å². The van der Waals surface area contributed by atoms with Gasteiger partial charge in [0.25, 0.3) is 11.8 Å². The fourth-order valence-electron chi connectivity index (χ4n) is 3.10. The van der Waals surface area contributed by atoms with Crippen molar-refractivity contribution in [1.82, 2.24) is 20.4 Å². The van der Waals surface area contributed by atoms with Crippen molar-refractivity contribution in [2.45, 2.75) is 25.4 Å². The van der Waals surface area contributed by atoms with Gasteiger partial charge in [-0.3, -0.25) is 14.6 Å². The Morgan fingerprint density at radius 2 is 2.13 bits per heavy atom. The third-order valence-electron chi connectivity index (χ3n) is 4.63. The van der Waals surface area contributed by atoms with E-state index in [0.717, 1.165) is 12.0 Å². The lowest BCUT2D eigenvalue weighted by molar-refractivity contribution is -0.124. The van der Waals surface area contributed by atoms with Gasteiger partial charge in [0, 0.05) is 48.8 Å². The van der Waals surface area contributed by atoms with Crippen LogP contribution in [0.2, 0.25) is 0 Å². The lowest BCUT2D eigenvalue weighted by atomic mass is 10.1. The molecular formula is C21H21N5O4. The molecule has 0 saturated carbocycles. The van der Waals surface area contributed by atoms with Crippen molar-refractivity contribution in [2.24, 2.45) is 0 Å². The highest BCUT2D eigenvalue weighted by Crippen LogP contribution is 2.17. The zero-order valence-corrected chi connectivity index (χ0v) is 16.2. The molecular weight excluding hydrogens is 386 g/mol.